The highest BCUT2D eigenvalue weighted by atomic mass is 16.7. The molecule has 1 aliphatic rings. The third-order valence-electron chi connectivity index (χ3n) is 1.99. The molecule has 0 aromatic carbocycles. The van der Waals surface area contributed by atoms with Crippen molar-refractivity contribution in [3.05, 3.63) is 0 Å². The topological polar surface area (TPSA) is 29.5 Å². The first kappa shape index (κ1) is 9.68. The number of rotatable bonds is 4. The quantitative estimate of drug-likeness (QED) is 0.598. The fourth-order valence-electron chi connectivity index (χ4n) is 1.26. The molecule has 1 saturated heterocycles. The van der Waals surface area contributed by atoms with Crippen LogP contribution >= 0.6 is 0 Å². The van der Waals surface area contributed by atoms with Crippen LogP contribution in [0.15, 0.2) is 0 Å². The van der Waals surface area contributed by atoms with Crippen LogP contribution in [0, 0.1) is 0 Å². The van der Waals surface area contributed by atoms with E-state index in [0.29, 0.717) is 12.3 Å². The lowest BCUT2D eigenvalue weighted by Gasteiger charge is -2.24. The molecule has 0 saturated carbocycles. The molecular formula is C9H17NO2. The van der Waals surface area contributed by atoms with Crippen molar-refractivity contribution in [3.63, 3.8) is 0 Å². The van der Waals surface area contributed by atoms with E-state index in [4.69, 9.17) is 4.84 Å². The smallest absolute Gasteiger partial charge is 0.149 e. The molecule has 0 radical (unpaired) electrons. The monoisotopic (exact) mass is 171 g/mol. The number of ketones is 1. The Labute approximate surface area is 73.6 Å². The molecule has 0 aromatic heterocycles. The summed E-state index contributed by atoms with van der Waals surface area (Å²) in [6, 6.07) is 0. The van der Waals surface area contributed by atoms with Gasteiger partial charge in [-0.3, -0.25) is 9.63 Å². The van der Waals surface area contributed by atoms with Crippen molar-refractivity contribution in [2.75, 3.05) is 19.7 Å². The van der Waals surface area contributed by atoms with Crippen molar-refractivity contribution < 1.29 is 9.63 Å². The van der Waals surface area contributed by atoms with Gasteiger partial charge in [0.25, 0.3) is 0 Å². The predicted octanol–water partition coefficient (Wildman–Crippen LogP) is 1.38. The summed E-state index contributed by atoms with van der Waals surface area (Å²) >= 11 is 0. The molecule has 1 fully saturated rings. The van der Waals surface area contributed by atoms with Crippen LogP contribution in [0.3, 0.4) is 0 Å². The molecule has 0 atom stereocenters. The van der Waals surface area contributed by atoms with Gasteiger partial charge < -0.3 is 0 Å². The number of carbonyl (C=O) groups is 1. The maximum Gasteiger partial charge on any atom is 0.149 e. The maximum absolute atomic E-state index is 11.0. The molecule has 70 valence electrons. The van der Waals surface area contributed by atoms with Crippen molar-refractivity contribution in [2.24, 2.45) is 0 Å². The van der Waals surface area contributed by atoms with E-state index in [0.717, 1.165) is 38.8 Å². The van der Waals surface area contributed by atoms with Gasteiger partial charge in [0.15, 0.2) is 0 Å². The zero-order valence-electron chi connectivity index (χ0n) is 7.71. The SMILES string of the molecule is CCCCON1CCCC(=O)C1. The zero-order chi connectivity index (χ0) is 8.81. The van der Waals surface area contributed by atoms with E-state index in [9.17, 15) is 4.79 Å². The Balaban J connectivity index is 2.10. The second-order valence-corrected chi connectivity index (χ2v) is 3.19. The van der Waals surface area contributed by atoms with Crippen LogP contribution in [0.4, 0.5) is 0 Å². The highest BCUT2D eigenvalue weighted by Crippen LogP contribution is 2.06. The fraction of sp³-hybridized carbons (Fsp3) is 0.889. The van der Waals surface area contributed by atoms with Gasteiger partial charge >= 0.3 is 0 Å². The molecular weight excluding hydrogens is 154 g/mol. The number of carbonyl (C=O) groups excluding carboxylic acids is 1. The normalized spacial score (nSPS) is 19.9. The molecule has 1 aliphatic heterocycles. The van der Waals surface area contributed by atoms with E-state index in [-0.39, 0.29) is 0 Å². The Morgan fingerprint density at radius 1 is 1.58 bits per heavy atom. The van der Waals surface area contributed by atoms with Gasteiger partial charge in [-0.2, -0.15) is 5.06 Å². The molecule has 0 aliphatic carbocycles. The van der Waals surface area contributed by atoms with Gasteiger partial charge in [0.2, 0.25) is 0 Å². The number of hydrogen-bond acceptors (Lipinski definition) is 3. The van der Waals surface area contributed by atoms with E-state index >= 15 is 0 Å². The van der Waals surface area contributed by atoms with Gasteiger partial charge in [0, 0.05) is 13.0 Å². The summed E-state index contributed by atoms with van der Waals surface area (Å²) in [5.74, 6) is 0.303. The summed E-state index contributed by atoms with van der Waals surface area (Å²) in [6.45, 7) is 4.29. The molecule has 0 aromatic rings. The highest BCUT2D eigenvalue weighted by Gasteiger charge is 2.16. The molecule has 0 unspecified atom stereocenters. The van der Waals surface area contributed by atoms with Crippen molar-refractivity contribution in [3.8, 4) is 0 Å². The molecule has 1 heterocycles. The predicted molar refractivity (Wildman–Crippen MR) is 46.7 cm³/mol. The zero-order valence-corrected chi connectivity index (χ0v) is 7.71. The molecule has 3 nitrogen and oxygen atoms in total. The minimum atomic E-state index is 0.303. The molecule has 3 heteroatoms. The van der Waals surface area contributed by atoms with Crippen LogP contribution in [-0.2, 0) is 9.63 Å². The summed E-state index contributed by atoms with van der Waals surface area (Å²) in [5, 5.41) is 1.79. The number of Topliss-reactive ketones (excluding diaryl/α,β-unsaturated/α-hetero) is 1. The molecule has 1 rings (SSSR count). The van der Waals surface area contributed by atoms with E-state index in [1.165, 1.54) is 0 Å². The lowest BCUT2D eigenvalue weighted by Crippen LogP contribution is -2.35. The second-order valence-electron chi connectivity index (χ2n) is 3.19. The molecule has 0 amide bonds. The Hall–Kier alpha value is -0.410. The van der Waals surface area contributed by atoms with Gasteiger partial charge in [-0.1, -0.05) is 13.3 Å². The van der Waals surface area contributed by atoms with Crippen LogP contribution in [0.1, 0.15) is 32.6 Å². The Bertz CT molecular complexity index is 147. The minimum Gasteiger partial charge on any atom is -0.299 e. The van der Waals surface area contributed by atoms with E-state index in [2.05, 4.69) is 6.92 Å². The van der Waals surface area contributed by atoms with Gasteiger partial charge in [0.05, 0.1) is 13.2 Å². The number of piperidine rings is 1. The van der Waals surface area contributed by atoms with Gasteiger partial charge in [0.1, 0.15) is 5.78 Å². The summed E-state index contributed by atoms with van der Waals surface area (Å²) in [7, 11) is 0. The third kappa shape index (κ3) is 3.32. The van der Waals surface area contributed by atoms with Crippen LogP contribution < -0.4 is 0 Å². The summed E-state index contributed by atoms with van der Waals surface area (Å²) in [5.41, 5.74) is 0. The molecule has 0 N–H and O–H groups in total. The highest BCUT2D eigenvalue weighted by molar-refractivity contribution is 5.80. The van der Waals surface area contributed by atoms with Crippen molar-refractivity contribution in [1.29, 1.82) is 0 Å². The van der Waals surface area contributed by atoms with E-state index < -0.39 is 0 Å². The average Bonchev–Trinajstić information content (AvgIpc) is 2.05. The van der Waals surface area contributed by atoms with Crippen LogP contribution in [0.5, 0.6) is 0 Å². The minimum absolute atomic E-state index is 0.303. The molecule has 0 bridgehead atoms. The van der Waals surface area contributed by atoms with Crippen molar-refractivity contribution >= 4 is 5.78 Å². The number of nitrogens with zero attached hydrogens (tertiary/aromatic N) is 1. The summed E-state index contributed by atoms with van der Waals surface area (Å²) in [6.07, 6.45) is 3.89. The van der Waals surface area contributed by atoms with Crippen molar-refractivity contribution in [2.45, 2.75) is 32.6 Å². The Kier molecular flexibility index (Phi) is 4.25. The van der Waals surface area contributed by atoms with Gasteiger partial charge in [-0.05, 0) is 12.8 Å². The second kappa shape index (κ2) is 5.27. The number of hydroxylamine groups is 2. The van der Waals surface area contributed by atoms with Gasteiger partial charge in [-0.15, -0.1) is 0 Å². The first-order valence-corrected chi connectivity index (χ1v) is 4.72. The fourth-order valence-corrected chi connectivity index (χ4v) is 1.26. The van der Waals surface area contributed by atoms with Gasteiger partial charge in [-0.25, -0.2) is 0 Å². The lowest BCUT2D eigenvalue weighted by atomic mass is 10.1. The summed E-state index contributed by atoms with van der Waals surface area (Å²) in [4.78, 5) is 16.4. The first-order chi connectivity index (χ1) is 5.83. The number of hydrogen-bond donors (Lipinski definition) is 0. The van der Waals surface area contributed by atoms with Crippen LogP contribution in [0.2, 0.25) is 0 Å². The maximum atomic E-state index is 11.0. The molecule has 0 spiro atoms. The lowest BCUT2D eigenvalue weighted by molar-refractivity contribution is -0.175. The third-order valence-corrected chi connectivity index (χ3v) is 1.99. The van der Waals surface area contributed by atoms with Crippen molar-refractivity contribution in [1.82, 2.24) is 5.06 Å². The number of unbranched alkanes of at least 4 members (excludes halogenated alkanes) is 1. The Morgan fingerprint density at radius 3 is 3.08 bits per heavy atom. The average molecular weight is 171 g/mol. The van der Waals surface area contributed by atoms with E-state index in [1.54, 1.807) is 5.06 Å². The van der Waals surface area contributed by atoms with Crippen LogP contribution in [0.25, 0.3) is 0 Å². The first-order valence-electron chi connectivity index (χ1n) is 4.72. The largest absolute Gasteiger partial charge is 0.299 e. The molecule has 12 heavy (non-hydrogen) atoms. The van der Waals surface area contributed by atoms with Crippen LogP contribution in [-0.4, -0.2) is 30.5 Å². The van der Waals surface area contributed by atoms with E-state index in [1.807, 2.05) is 0 Å². The summed E-state index contributed by atoms with van der Waals surface area (Å²) < 4.78 is 0. The Morgan fingerprint density at radius 2 is 2.42 bits per heavy atom. The standard InChI is InChI=1S/C9H17NO2/c1-2-3-7-12-10-6-4-5-9(11)8-10/h2-8H2,1H3.